The second-order valence-electron chi connectivity index (χ2n) is 8.57. The summed E-state index contributed by atoms with van der Waals surface area (Å²) in [5, 5.41) is 13.6. The number of urea groups is 1. The number of ether oxygens (including phenoxy) is 1. The van der Waals surface area contributed by atoms with Gasteiger partial charge in [-0.3, -0.25) is 29.9 Å². The van der Waals surface area contributed by atoms with Crippen molar-refractivity contribution < 1.29 is 24.0 Å². The molecule has 4 rings (SSSR count). The first kappa shape index (κ1) is 19.3. The maximum atomic E-state index is 13.7. The number of nitro groups is 1. The number of fused-ring (bicyclic) bond motifs is 4. The number of hydrogen-bond acceptors (Lipinski definition) is 7. The quantitative estimate of drug-likeness (QED) is 0.426. The second-order valence-corrected chi connectivity index (χ2v) is 8.57. The van der Waals surface area contributed by atoms with E-state index in [9.17, 15) is 24.5 Å². The molecule has 1 spiro atoms. The summed E-state index contributed by atoms with van der Waals surface area (Å²) >= 11 is 0. The lowest BCUT2D eigenvalue weighted by Gasteiger charge is -2.54. The maximum Gasteiger partial charge on any atom is 0.331 e. The Morgan fingerprint density at radius 2 is 2.00 bits per heavy atom. The van der Waals surface area contributed by atoms with Gasteiger partial charge in [-0.1, -0.05) is 0 Å². The van der Waals surface area contributed by atoms with Crippen LogP contribution < -0.4 is 10.2 Å². The zero-order valence-corrected chi connectivity index (χ0v) is 16.4. The van der Waals surface area contributed by atoms with Crippen LogP contribution in [0.4, 0.5) is 16.2 Å². The van der Waals surface area contributed by atoms with Gasteiger partial charge in [0, 0.05) is 36.3 Å². The van der Waals surface area contributed by atoms with E-state index >= 15 is 0 Å². The van der Waals surface area contributed by atoms with Gasteiger partial charge >= 0.3 is 6.03 Å². The third kappa shape index (κ3) is 2.70. The number of carbonyl (C=O) groups is 3. The molecule has 4 amide bonds. The van der Waals surface area contributed by atoms with Gasteiger partial charge in [-0.2, -0.15) is 0 Å². The van der Waals surface area contributed by atoms with Crippen LogP contribution in [0.25, 0.3) is 0 Å². The highest BCUT2D eigenvalue weighted by molar-refractivity contribution is 6.20. The predicted octanol–water partition coefficient (Wildman–Crippen LogP) is 1.22. The molecule has 3 aliphatic rings. The van der Waals surface area contributed by atoms with Crippen molar-refractivity contribution in [3.8, 4) is 0 Å². The van der Waals surface area contributed by atoms with Crippen molar-refractivity contribution >= 4 is 29.2 Å². The van der Waals surface area contributed by atoms with Gasteiger partial charge in [0.15, 0.2) is 5.41 Å². The normalized spacial score (nSPS) is 26.9. The fraction of sp³-hybridized carbons (Fsp3) is 0.526. The fourth-order valence-corrected chi connectivity index (χ4v) is 4.54. The highest BCUT2D eigenvalue weighted by Crippen LogP contribution is 2.47. The van der Waals surface area contributed by atoms with Crippen molar-refractivity contribution in [2.45, 2.75) is 38.8 Å². The van der Waals surface area contributed by atoms with E-state index in [0.717, 1.165) is 10.6 Å². The number of amides is 4. The van der Waals surface area contributed by atoms with Crippen molar-refractivity contribution in [1.29, 1.82) is 0 Å². The number of nitrogens with zero attached hydrogens (tertiary/aromatic N) is 3. The van der Waals surface area contributed by atoms with Gasteiger partial charge in [0.25, 0.3) is 5.69 Å². The molecule has 0 radical (unpaired) electrons. The van der Waals surface area contributed by atoms with E-state index in [4.69, 9.17) is 4.74 Å². The van der Waals surface area contributed by atoms with Crippen molar-refractivity contribution in [3.63, 3.8) is 0 Å². The lowest BCUT2D eigenvalue weighted by molar-refractivity contribution is -0.384. The molecule has 3 heterocycles. The van der Waals surface area contributed by atoms with Crippen LogP contribution >= 0.6 is 0 Å². The lowest BCUT2D eigenvalue weighted by Crippen LogP contribution is -2.75. The predicted molar refractivity (Wildman–Crippen MR) is 101 cm³/mol. The van der Waals surface area contributed by atoms with Crippen molar-refractivity contribution in [1.82, 2.24) is 10.2 Å². The Morgan fingerprint density at radius 3 is 2.66 bits per heavy atom. The summed E-state index contributed by atoms with van der Waals surface area (Å²) in [5.74, 6) is -1.29. The van der Waals surface area contributed by atoms with E-state index < -0.39 is 39.8 Å². The summed E-state index contributed by atoms with van der Waals surface area (Å²) in [6, 6.07) is 3.09. The van der Waals surface area contributed by atoms with Crippen LogP contribution in [0.3, 0.4) is 0 Å². The van der Waals surface area contributed by atoms with Crippen molar-refractivity contribution in [2.24, 2.45) is 5.41 Å². The SMILES string of the molecule is CC(C)(C)N1C(=O)NC(=O)C2(Cc3cc([N+](=O)[O-])ccc3N3CCOCC32)C1=O. The molecular formula is C19H22N4O6. The molecule has 154 valence electrons. The van der Waals surface area contributed by atoms with Crippen LogP contribution in [0.1, 0.15) is 26.3 Å². The molecule has 0 bridgehead atoms. The highest BCUT2D eigenvalue weighted by atomic mass is 16.6. The number of rotatable bonds is 1. The summed E-state index contributed by atoms with van der Waals surface area (Å²) in [6.45, 7) is 6.12. The zero-order valence-electron chi connectivity index (χ0n) is 16.4. The lowest BCUT2D eigenvalue weighted by atomic mass is 9.67. The molecule has 2 unspecified atom stereocenters. The Labute approximate surface area is 166 Å². The van der Waals surface area contributed by atoms with Gasteiger partial charge in [-0.15, -0.1) is 0 Å². The first-order valence-electron chi connectivity index (χ1n) is 9.39. The average molecular weight is 402 g/mol. The van der Waals surface area contributed by atoms with Crippen LogP contribution in [0.2, 0.25) is 0 Å². The van der Waals surface area contributed by atoms with Gasteiger partial charge in [0.2, 0.25) is 11.8 Å². The number of barbiturate groups is 1. The molecule has 3 aliphatic heterocycles. The second kappa shape index (κ2) is 6.24. The van der Waals surface area contributed by atoms with Crippen molar-refractivity contribution in [2.75, 3.05) is 24.7 Å². The summed E-state index contributed by atoms with van der Waals surface area (Å²) < 4.78 is 5.60. The average Bonchev–Trinajstić information content (AvgIpc) is 2.64. The van der Waals surface area contributed by atoms with Crippen LogP contribution in [0.15, 0.2) is 18.2 Å². The van der Waals surface area contributed by atoms with Gasteiger partial charge in [-0.25, -0.2) is 4.79 Å². The Balaban J connectivity index is 1.90. The van der Waals surface area contributed by atoms with Gasteiger partial charge < -0.3 is 9.64 Å². The molecule has 1 N–H and O–H groups in total. The number of anilines is 1. The smallest absolute Gasteiger partial charge is 0.331 e. The van der Waals surface area contributed by atoms with Crippen LogP contribution in [0, 0.1) is 15.5 Å². The standard InChI is InChI=1S/C19H22N4O6/c1-18(2,3)22-16(25)19(15(24)20-17(22)26)9-11-8-12(23(27)28)4-5-13(11)21-6-7-29-10-14(19)21/h4-5,8,14H,6-7,9-10H2,1-3H3,(H,20,24,26). The van der Waals surface area contributed by atoms with E-state index in [0.29, 0.717) is 18.7 Å². The van der Waals surface area contributed by atoms with Gasteiger partial charge in [0.05, 0.1) is 24.2 Å². The van der Waals surface area contributed by atoms with E-state index in [-0.39, 0.29) is 18.7 Å². The van der Waals surface area contributed by atoms with Crippen molar-refractivity contribution in [3.05, 3.63) is 33.9 Å². The van der Waals surface area contributed by atoms with Crippen LogP contribution in [-0.4, -0.2) is 59.0 Å². The van der Waals surface area contributed by atoms with E-state index in [1.807, 2.05) is 4.90 Å². The van der Waals surface area contributed by atoms with E-state index in [2.05, 4.69) is 5.32 Å². The molecule has 2 atom stereocenters. The topological polar surface area (TPSA) is 122 Å². The third-order valence-electron chi connectivity index (χ3n) is 5.83. The molecule has 0 aliphatic carbocycles. The summed E-state index contributed by atoms with van der Waals surface area (Å²) in [5.41, 5.74) is -1.29. The molecule has 10 nitrogen and oxygen atoms in total. The molecular weight excluding hydrogens is 380 g/mol. The molecule has 29 heavy (non-hydrogen) atoms. The minimum Gasteiger partial charge on any atom is -0.377 e. The Kier molecular flexibility index (Phi) is 4.16. The first-order valence-corrected chi connectivity index (χ1v) is 9.39. The Morgan fingerprint density at radius 1 is 1.28 bits per heavy atom. The minimum atomic E-state index is -1.61. The highest BCUT2D eigenvalue weighted by Gasteiger charge is 2.63. The molecule has 2 saturated heterocycles. The summed E-state index contributed by atoms with van der Waals surface area (Å²) in [4.78, 5) is 53.0. The number of non-ortho nitro benzene ring substituents is 1. The molecule has 1 aromatic carbocycles. The van der Waals surface area contributed by atoms with Crippen LogP contribution in [-0.2, 0) is 20.7 Å². The van der Waals surface area contributed by atoms with Gasteiger partial charge in [0.1, 0.15) is 0 Å². The number of hydrogen-bond donors (Lipinski definition) is 1. The monoisotopic (exact) mass is 402 g/mol. The number of morpholine rings is 1. The van der Waals surface area contributed by atoms with Gasteiger partial charge in [-0.05, 0) is 32.4 Å². The molecule has 0 saturated carbocycles. The maximum absolute atomic E-state index is 13.7. The number of nitrogens with one attached hydrogen (secondary N) is 1. The third-order valence-corrected chi connectivity index (χ3v) is 5.83. The molecule has 1 aromatic rings. The van der Waals surface area contributed by atoms with Crippen LogP contribution in [0.5, 0.6) is 0 Å². The summed E-state index contributed by atoms with van der Waals surface area (Å²) in [7, 11) is 0. The molecule has 0 aromatic heterocycles. The molecule has 2 fully saturated rings. The number of imide groups is 2. The Bertz CT molecular complexity index is 939. The number of carbonyl (C=O) groups excluding carboxylic acids is 3. The summed E-state index contributed by atoms with van der Waals surface area (Å²) in [6.07, 6.45) is -0.0426. The Hall–Kier alpha value is -3.01. The zero-order chi connectivity index (χ0) is 21.1. The number of nitro benzene ring substituents is 1. The van der Waals surface area contributed by atoms with E-state index in [1.54, 1.807) is 26.8 Å². The first-order chi connectivity index (χ1) is 13.6. The largest absolute Gasteiger partial charge is 0.377 e. The minimum absolute atomic E-state index is 0.0426. The number of benzene rings is 1. The molecule has 10 heteroatoms. The fourth-order valence-electron chi connectivity index (χ4n) is 4.54. The van der Waals surface area contributed by atoms with E-state index in [1.165, 1.54) is 12.1 Å².